The number of methoxy groups -OCH3 is 1. The van der Waals surface area contributed by atoms with Crippen molar-refractivity contribution in [2.75, 3.05) is 12.4 Å². The molecule has 0 radical (unpaired) electrons. The molecular weight excluding hydrogens is 326 g/mol. The van der Waals surface area contributed by atoms with Crippen LogP contribution >= 0.6 is 0 Å². The quantitative estimate of drug-likeness (QED) is 0.687. The van der Waals surface area contributed by atoms with E-state index in [2.05, 4.69) is 33.0 Å². The zero-order valence-electron chi connectivity index (χ0n) is 16.8. The predicted molar refractivity (Wildman–Crippen MR) is 108 cm³/mol. The summed E-state index contributed by atoms with van der Waals surface area (Å²) in [4.78, 5) is 12.9. The minimum atomic E-state index is -0.860. The van der Waals surface area contributed by atoms with Crippen molar-refractivity contribution in [3.05, 3.63) is 36.4 Å². The highest BCUT2D eigenvalue weighted by atomic mass is 16.5. The number of carbonyl (C=O) groups excluding carboxylic acids is 1. The molecule has 4 nitrogen and oxygen atoms in total. The van der Waals surface area contributed by atoms with E-state index >= 15 is 0 Å². The second-order valence-corrected chi connectivity index (χ2v) is 7.48. The Bertz CT molecular complexity index is 756. The van der Waals surface area contributed by atoms with E-state index < -0.39 is 5.60 Å². The number of nitrogens with one attached hydrogen (secondary N) is 1. The fourth-order valence-electron chi connectivity index (χ4n) is 3.09. The highest BCUT2D eigenvalue weighted by molar-refractivity contribution is 6.06. The first kappa shape index (κ1) is 20.2. The van der Waals surface area contributed by atoms with Crippen LogP contribution in [0.1, 0.15) is 47.5 Å². The number of amides is 1. The molecule has 0 bridgehead atoms. The van der Waals surface area contributed by atoms with Gasteiger partial charge in [-0.05, 0) is 44.7 Å². The molecule has 2 aromatic carbocycles. The van der Waals surface area contributed by atoms with Crippen LogP contribution in [0.5, 0.6) is 5.75 Å². The van der Waals surface area contributed by atoms with Crippen molar-refractivity contribution < 1.29 is 14.3 Å². The lowest BCUT2D eigenvalue weighted by molar-refractivity contribution is -0.137. The summed E-state index contributed by atoms with van der Waals surface area (Å²) in [5.41, 5.74) is -0.0876. The Morgan fingerprint density at radius 3 is 2.35 bits per heavy atom. The van der Waals surface area contributed by atoms with Crippen molar-refractivity contribution in [3.63, 3.8) is 0 Å². The van der Waals surface area contributed by atoms with E-state index in [1.54, 1.807) is 7.11 Å². The van der Waals surface area contributed by atoms with Crippen LogP contribution in [-0.2, 0) is 9.53 Å². The van der Waals surface area contributed by atoms with Gasteiger partial charge in [-0.3, -0.25) is 4.79 Å². The number of anilines is 1. The van der Waals surface area contributed by atoms with E-state index in [-0.39, 0.29) is 12.0 Å². The number of fused-ring (bicyclic) bond motifs is 1. The average molecular weight is 357 g/mol. The van der Waals surface area contributed by atoms with Gasteiger partial charge in [-0.2, -0.15) is 0 Å². The Kier molecular flexibility index (Phi) is 6.65. The summed E-state index contributed by atoms with van der Waals surface area (Å²) in [7, 11) is 1.59. The first-order valence-corrected chi connectivity index (χ1v) is 9.35. The Morgan fingerprint density at radius 2 is 1.77 bits per heavy atom. The minimum absolute atomic E-state index is 0.130. The van der Waals surface area contributed by atoms with Crippen molar-refractivity contribution in [2.45, 2.75) is 59.2 Å². The fourth-order valence-corrected chi connectivity index (χ4v) is 3.09. The molecule has 4 heteroatoms. The summed E-state index contributed by atoms with van der Waals surface area (Å²) in [6, 6.07) is 11.8. The molecule has 2 aromatic rings. The van der Waals surface area contributed by atoms with Crippen molar-refractivity contribution >= 4 is 22.4 Å². The molecule has 2 rings (SSSR count). The van der Waals surface area contributed by atoms with Crippen LogP contribution in [0.25, 0.3) is 10.8 Å². The second kappa shape index (κ2) is 8.54. The molecule has 142 valence electrons. The summed E-state index contributed by atoms with van der Waals surface area (Å²) in [6.45, 7) is 10.2. The average Bonchev–Trinajstić information content (AvgIpc) is 2.62. The summed E-state index contributed by atoms with van der Waals surface area (Å²) < 4.78 is 11.6. The van der Waals surface area contributed by atoms with E-state index in [1.807, 2.05) is 43.3 Å². The molecule has 0 aliphatic rings. The van der Waals surface area contributed by atoms with Crippen LogP contribution < -0.4 is 10.1 Å². The lowest BCUT2D eigenvalue weighted by Gasteiger charge is -2.29. The molecular formula is C22H31NO3. The standard InChI is InChI=1S/C22H31NO3/c1-7-16(4)26-20-13-12-19(17-10-8-9-11-18(17)20)23-21(24)22(5,25-6)14-15(2)3/h8-13,15-16H,7,14H2,1-6H3,(H,23,24)/t16-,22-/m1/s1. The highest BCUT2D eigenvalue weighted by Gasteiger charge is 2.34. The van der Waals surface area contributed by atoms with Crippen molar-refractivity contribution in [1.82, 2.24) is 0 Å². The second-order valence-electron chi connectivity index (χ2n) is 7.48. The van der Waals surface area contributed by atoms with E-state index in [4.69, 9.17) is 9.47 Å². The molecule has 26 heavy (non-hydrogen) atoms. The van der Waals surface area contributed by atoms with Gasteiger partial charge in [0, 0.05) is 23.6 Å². The van der Waals surface area contributed by atoms with Gasteiger partial charge < -0.3 is 14.8 Å². The van der Waals surface area contributed by atoms with Crippen molar-refractivity contribution in [2.24, 2.45) is 5.92 Å². The van der Waals surface area contributed by atoms with Crippen LogP contribution in [0.2, 0.25) is 0 Å². The molecule has 0 fully saturated rings. The van der Waals surface area contributed by atoms with Gasteiger partial charge in [0.2, 0.25) is 0 Å². The number of benzene rings is 2. The maximum Gasteiger partial charge on any atom is 0.256 e. The first-order valence-electron chi connectivity index (χ1n) is 9.35. The lowest BCUT2D eigenvalue weighted by atomic mass is 9.93. The number of hydrogen-bond donors (Lipinski definition) is 1. The molecule has 0 saturated carbocycles. The Hall–Kier alpha value is -2.07. The number of ether oxygens (including phenoxy) is 2. The third-order valence-electron chi connectivity index (χ3n) is 4.76. The smallest absolute Gasteiger partial charge is 0.256 e. The highest BCUT2D eigenvalue weighted by Crippen LogP contribution is 2.33. The molecule has 0 aromatic heterocycles. The Balaban J connectivity index is 2.36. The predicted octanol–water partition coefficient (Wildman–Crippen LogP) is 5.41. The van der Waals surface area contributed by atoms with Gasteiger partial charge in [0.05, 0.1) is 6.10 Å². The van der Waals surface area contributed by atoms with Crippen LogP contribution in [-0.4, -0.2) is 24.7 Å². The molecule has 0 spiro atoms. The number of carbonyl (C=O) groups is 1. The monoisotopic (exact) mass is 357 g/mol. The summed E-state index contributed by atoms with van der Waals surface area (Å²) in [5.74, 6) is 1.06. The molecule has 0 unspecified atom stereocenters. The molecule has 0 heterocycles. The zero-order chi connectivity index (χ0) is 19.3. The van der Waals surface area contributed by atoms with Gasteiger partial charge in [-0.1, -0.05) is 45.0 Å². The van der Waals surface area contributed by atoms with E-state index in [1.165, 1.54) is 0 Å². The third-order valence-corrected chi connectivity index (χ3v) is 4.76. The summed E-state index contributed by atoms with van der Waals surface area (Å²) in [6.07, 6.45) is 1.73. The number of hydrogen-bond acceptors (Lipinski definition) is 3. The molecule has 0 aliphatic heterocycles. The normalized spacial score (nSPS) is 14.9. The van der Waals surface area contributed by atoms with Crippen molar-refractivity contribution in [1.29, 1.82) is 0 Å². The molecule has 2 atom stereocenters. The maximum absolute atomic E-state index is 12.9. The molecule has 1 amide bonds. The van der Waals surface area contributed by atoms with Gasteiger partial charge in [0.1, 0.15) is 11.4 Å². The number of rotatable bonds is 8. The van der Waals surface area contributed by atoms with E-state index in [9.17, 15) is 4.79 Å². The van der Waals surface area contributed by atoms with Crippen LogP contribution in [0.15, 0.2) is 36.4 Å². The molecule has 0 aliphatic carbocycles. The first-order chi connectivity index (χ1) is 12.3. The summed E-state index contributed by atoms with van der Waals surface area (Å²) in [5, 5.41) is 5.01. The Labute approximate surface area is 156 Å². The fraction of sp³-hybridized carbons (Fsp3) is 0.500. The molecule has 0 saturated heterocycles. The van der Waals surface area contributed by atoms with Crippen LogP contribution in [0.4, 0.5) is 5.69 Å². The Morgan fingerprint density at radius 1 is 1.12 bits per heavy atom. The SMILES string of the molecule is CC[C@@H](C)Oc1ccc(NC(=O)[C@@](C)(CC(C)C)OC)c2ccccc12. The van der Waals surface area contributed by atoms with E-state index in [0.717, 1.165) is 28.6 Å². The van der Waals surface area contributed by atoms with Crippen LogP contribution in [0, 0.1) is 5.92 Å². The third kappa shape index (κ3) is 4.55. The van der Waals surface area contributed by atoms with Gasteiger partial charge in [0.15, 0.2) is 0 Å². The van der Waals surface area contributed by atoms with Gasteiger partial charge >= 0.3 is 0 Å². The van der Waals surface area contributed by atoms with Gasteiger partial charge in [-0.25, -0.2) is 0 Å². The van der Waals surface area contributed by atoms with Crippen LogP contribution in [0.3, 0.4) is 0 Å². The largest absolute Gasteiger partial charge is 0.490 e. The lowest BCUT2D eigenvalue weighted by Crippen LogP contribution is -2.43. The molecule has 1 N–H and O–H groups in total. The van der Waals surface area contributed by atoms with Gasteiger partial charge in [-0.15, -0.1) is 0 Å². The topological polar surface area (TPSA) is 47.6 Å². The maximum atomic E-state index is 12.9. The summed E-state index contributed by atoms with van der Waals surface area (Å²) >= 11 is 0. The van der Waals surface area contributed by atoms with Crippen molar-refractivity contribution in [3.8, 4) is 5.75 Å². The zero-order valence-corrected chi connectivity index (χ0v) is 16.8. The minimum Gasteiger partial charge on any atom is -0.490 e. The van der Waals surface area contributed by atoms with E-state index in [0.29, 0.717) is 12.3 Å². The van der Waals surface area contributed by atoms with Gasteiger partial charge in [0.25, 0.3) is 5.91 Å².